The molecular formula is C9H16N4O5. The first-order valence-electron chi connectivity index (χ1n) is 4.98. The van der Waals surface area contributed by atoms with Crippen LogP contribution in [0.1, 0.15) is 6.92 Å². The summed E-state index contributed by atoms with van der Waals surface area (Å²) >= 11 is 0. The third-order valence-corrected chi connectivity index (χ3v) is 2.20. The van der Waals surface area contributed by atoms with Crippen LogP contribution in [-0.4, -0.2) is 64.9 Å². The van der Waals surface area contributed by atoms with Gasteiger partial charge in [-0.3, -0.25) is 9.59 Å². The minimum absolute atomic E-state index is 0.515. The van der Waals surface area contributed by atoms with Gasteiger partial charge in [-0.25, -0.2) is 9.59 Å². The van der Waals surface area contributed by atoms with E-state index in [0.29, 0.717) is 0 Å². The first-order chi connectivity index (χ1) is 8.16. The van der Waals surface area contributed by atoms with E-state index in [1.807, 2.05) is 0 Å². The molecule has 0 rings (SSSR count). The average molecular weight is 260 g/mol. The van der Waals surface area contributed by atoms with Gasteiger partial charge in [-0.1, -0.05) is 0 Å². The number of carbonyl (C=O) groups is 4. The molecule has 0 fully saturated rings. The summed E-state index contributed by atoms with van der Waals surface area (Å²) in [5.74, 6) is -2.88. The Hall–Kier alpha value is -2.32. The molecule has 0 aromatic carbocycles. The van der Waals surface area contributed by atoms with Crippen LogP contribution in [0.2, 0.25) is 0 Å². The van der Waals surface area contributed by atoms with Crippen LogP contribution in [0, 0.1) is 0 Å². The number of nitrogens with two attached hydrogens (primary N) is 2. The highest BCUT2D eigenvalue weighted by Crippen LogP contribution is 2.02. The van der Waals surface area contributed by atoms with Crippen molar-refractivity contribution in [1.82, 2.24) is 9.80 Å². The van der Waals surface area contributed by atoms with Gasteiger partial charge in [-0.05, 0) is 6.92 Å². The molecule has 0 radical (unpaired) electrons. The third-order valence-electron chi connectivity index (χ3n) is 2.20. The zero-order valence-corrected chi connectivity index (χ0v) is 10.1. The number of hydrogen-bond acceptors (Lipinski definition) is 4. The number of rotatable bonds is 6. The summed E-state index contributed by atoms with van der Waals surface area (Å²) in [6.07, 6.45) is 0. The maximum atomic E-state index is 11.8. The smallest absolute Gasteiger partial charge is 0.326 e. The van der Waals surface area contributed by atoms with E-state index in [2.05, 4.69) is 0 Å². The summed E-state index contributed by atoms with van der Waals surface area (Å²) in [5.41, 5.74) is 9.85. The SMILES string of the molecule is CC(C(=O)O)N(C)C(=O)N(CC(N)=O)CC(N)=O. The summed E-state index contributed by atoms with van der Waals surface area (Å²) in [7, 11) is 1.23. The lowest BCUT2D eigenvalue weighted by Crippen LogP contribution is -2.52. The van der Waals surface area contributed by atoms with Crippen LogP contribution in [0.4, 0.5) is 4.79 Å². The van der Waals surface area contributed by atoms with Crippen LogP contribution in [0.15, 0.2) is 0 Å². The summed E-state index contributed by atoms with van der Waals surface area (Å²) in [6, 6.07) is -1.93. The van der Waals surface area contributed by atoms with Crippen molar-refractivity contribution in [2.75, 3.05) is 20.1 Å². The second kappa shape index (κ2) is 6.42. The maximum Gasteiger partial charge on any atom is 0.326 e. The van der Waals surface area contributed by atoms with Crippen LogP contribution in [-0.2, 0) is 14.4 Å². The first kappa shape index (κ1) is 15.7. The van der Waals surface area contributed by atoms with Gasteiger partial charge in [0.1, 0.15) is 19.1 Å². The third kappa shape index (κ3) is 4.68. The fourth-order valence-electron chi connectivity index (χ4n) is 1.12. The molecule has 5 N–H and O–H groups in total. The number of carboxylic acid groups (broad SMARTS) is 1. The van der Waals surface area contributed by atoms with Gasteiger partial charge < -0.3 is 26.4 Å². The highest BCUT2D eigenvalue weighted by Gasteiger charge is 2.27. The van der Waals surface area contributed by atoms with E-state index in [1.54, 1.807) is 0 Å². The number of amides is 4. The molecule has 0 aliphatic carbocycles. The lowest BCUT2D eigenvalue weighted by Gasteiger charge is -2.28. The molecule has 102 valence electrons. The normalized spacial score (nSPS) is 11.4. The standard InChI is InChI=1S/C9H16N4O5/c1-5(8(16)17)12(2)9(18)13(3-6(10)14)4-7(11)15/h5H,3-4H2,1-2H3,(H2,10,14)(H2,11,15)(H,16,17). The summed E-state index contributed by atoms with van der Waals surface area (Å²) in [5, 5.41) is 8.75. The molecule has 0 aromatic heterocycles. The van der Waals surface area contributed by atoms with Gasteiger partial charge in [0.25, 0.3) is 0 Å². The molecule has 0 aliphatic rings. The first-order valence-corrected chi connectivity index (χ1v) is 4.98. The number of primary amides is 2. The molecule has 9 nitrogen and oxygen atoms in total. The highest BCUT2D eigenvalue weighted by atomic mass is 16.4. The number of nitrogens with zero attached hydrogens (tertiary/aromatic N) is 2. The Morgan fingerprint density at radius 1 is 1.11 bits per heavy atom. The van der Waals surface area contributed by atoms with Gasteiger partial charge in [0.05, 0.1) is 0 Å². The van der Waals surface area contributed by atoms with Gasteiger partial charge in [0, 0.05) is 7.05 Å². The Morgan fingerprint density at radius 3 is 1.78 bits per heavy atom. The monoisotopic (exact) mass is 260 g/mol. The van der Waals surface area contributed by atoms with Crippen molar-refractivity contribution in [2.24, 2.45) is 11.5 Å². The number of aliphatic carboxylic acids is 1. The number of hydrogen-bond donors (Lipinski definition) is 3. The molecule has 0 heterocycles. The van der Waals surface area contributed by atoms with Gasteiger partial charge >= 0.3 is 12.0 Å². The Kier molecular flexibility index (Phi) is 5.60. The molecule has 0 spiro atoms. The minimum Gasteiger partial charge on any atom is -0.480 e. The summed E-state index contributed by atoms with van der Waals surface area (Å²) in [6.45, 7) is 0.254. The van der Waals surface area contributed by atoms with Crippen LogP contribution < -0.4 is 11.5 Å². The van der Waals surface area contributed by atoms with E-state index >= 15 is 0 Å². The van der Waals surface area contributed by atoms with Crippen molar-refractivity contribution in [3.63, 3.8) is 0 Å². The van der Waals surface area contributed by atoms with Crippen LogP contribution in [0.25, 0.3) is 0 Å². The zero-order valence-electron chi connectivity index (χ0n) is 10.1. The van der Waals surface area contributed by atoms with E-state index in [0.717, 1.165) is 9.80 Å². The average Bonchev–Trinajstić information content (AvgIpc) is 2.23. The fraction of sp³-hybridized carbons (Fsp3) is 0.556. The molecule has 9 heteroatoms. The van der Waals surface area contributed by atoms with E-state index in [4.69, 9.17) is 16.6 Å². The Labute approximate surface area is 103 Å². The quantitative estimate of drug-likeness (QED) is 0.495. The van der Waals surface area contributed by atoms with E-state index in [1.165, 1.54) is 14.0 Å². The van der Waals surface area contributed by atoms with E-state index in [-0.39, 0.29) is 0 Å². The van der Waals surface area contributed by atoms with E-state index in [9.17, 15) is 19.2 Å². The van der Waals surface area contributed by atoms with Crippen LogP contribution >= 0.6 is 0 Å². The van der Waals surface area contributed by atoms with Crippen molar-refractivity contribution in [3.8, 4) is 0 Å². The molecule has 18 heavy (non-hydrogen) atoms. The molecule has 0 bridgehead atoms. The van der Waals surface area contributed by atoms with Crippen molar-refractivity contribution in [2.45, 2.75) is 13.0 Å². The number of carbonyl (C=O) groups excluding carboxylic acids is 3. The lowest BCUT2D eigenvalue weighted by molar-refractivity contribution is -0.141. The van der Waals surface area contributed by atoms with E-state index < -0.39 is 42.9 Å². The molecule has 4 amide bonds. The molecule has 0 saturated heterocycles. The maximum absolute atomic E-state index is 11.8. The molecular weight excluding hydrogens is 244 g/mol. The predicted octanol–water partition coefficient (Wildman–Crippen LogP) is -2.22. The van der Waals surface area contributed by atoms with Gasteiger partial charge in [-0.2, -0.15) is 0 Å². The number of likely N-dealkylation sites (N-methyl/N-ethyl adjacent to an activating group) is 1. The van der Waals surface area contributed by atoms with Crippen molar-refractivity contribution in [3.05, 3.63) is 0 Å². The largest absolute Gasteiger partial charge is 0.480 e. The Morgan fingerprint density at radius 2 is 1.50 bits per heavy atom. The predicted molar refractivity (Wildman–Crippen MR) is 60.2 cm³/mol. The molecule has 0 aromatic rings. The van der Waals surface area contributed by atoms with Crippen molar-refractivity contribution >= 4 is 23.8 Å². The van der Waals surface area contributed by atoms with Gasteiger partial charge in [0.2, 0.25) is 11.8 Å². The summed E-state index contributed by atoms with van der Waals surface area (Å²) < 4.78 is 0. The lowest BCUT2D eigenvalue weighted by atomic mass is 10.3. The molecule has 1 atom stereocenters. The van der Waals surface area contributed by atoms with Crippen molar-refractivity contribution < 1.29 is 24.3 Å². The van der Waals surface area contributed by atoms with Crippen molar-refractivity contribution in [1.29, 1.82) is 0 Å². The molecule has 1 unspecified atom stereocenters. The second-order valence-electron chi connectivity index (χ2n) is 3.70. The zero-order chi connectivity index (χ0) is 14.5. The fourth-order valence-corrected chi connectivity index (χ4v) is 1.12. The second-order valence-corrected chi connectivity index (χ2v) is 3.70. The molecule has 0 aliphatic heterocycles. The van der Waals surface area contributed by atoms with Crippen LogP contribution in [0.5, 0.6) is 0 Å². The Bertz CT molecular complexity index is 354. The van der Waals surface area contributed by atoms with Gasteiger partial charge in [0.15, 0.2) is 0 Å². The summed E-state index contributed by atoms with van der Waals surface area (Å²) in [4.78, 5) is 45.7. The van der Waals surface area contributed by atoms with Crippen LogP contribution in [0.3, 0.4) is 0 Å². The van der Waals surface area contributed by atoms with Gasteiger partial charge in [-0.15, -0.1) is 0 Å². The highest BCUT2D eigenvalue weighted by molar-refractivity contribution is 5.89. The molecule has 0 saturated carbocycles. The number of carboxylic acids is 1. The Balaban J connectivity index is 4.88. The number of urea groups is 1. The minimum atomic E-state index is -1.22. The topological polar surface area (TPSA) is 147 Å².